The molecule has 0 atom stereocenters. The molecule has 0 saturated heterocycles. The van der Waals surface area contributed by atoms with E-state index in [0.29, 0.717) is 5.39 Å². The zero-order chi connectivity index (χ0) is 10.3. The fourth-order valence-corrected chi connectivity index (χ4v) is 1.70. The summed E-state index contributed by atoms with van der Waals surface area (Å²) >= 11 is 0. The van der Waals surface area contributed by atoms with Crippen LogP contribution in [0.3, 0.4) is 0 Å². The van der Waals surface area contributed by atoms with Gasteiger partial charge in [-0.25, -0.2) is 4.98 Å². The van der Waals surface area contributed by atoms with Crippen LogP contribution in [0.4, 0.5) is 0 Å². The Morgan fingerprint density at radius 3 is 2.80 bits per heavy atom. The fourth-order valence-electron chi connectivity index (χ4n) is 1.70. The van der Waals surface area contributed by atoms with Crippen molar-refractivity contribution in [3.05, 3.63) is 52.8 Å². The number of H-pyrrole nitrogens is 1. The van der Waals surface area contributed by atoms with Crippen LogP contribution >= 0.6 is 0 Å². The second-order valence-corrected chi connectivity index (χ2v) is 3.41. The van der Waals surface area contributed by atoms with E-state index in [-0.39, 0.29) is 5.56 Å². The van der Waals surface area contributed by atoms with E-state index < -0.39 is 0 Å². The largest absolute Gasteiger partial charge is 0.320 e. The van der Waals surface area contributed by atoms with Gasteiger partial charge in [0.05, 0.1) is 22.3 Å². The molecule has 3 heteroatoms. The molecule has 1 aliphatic heterocycles. The maximum absolute atomic E-state index is 11.8. The first-order chi connectivity index (χ1) is 7.34. The maximum Gasteiger partial charge on any atom is 0.257 e. The molecule has 0 bridgehead atoms. The average molecular weight is 196 g/mol. The molecular formula is C12H8N2O. The van der Waals surface area contributed by atoms with Crippen LogP contribution in [-0.2, 0) is 0 Å². The first kappa shape index (κ1) is 8.17. The van der Waals surface area contributed by atoms with Gasteiger partial charge in [-0.3, -0.25) is 4.79 Å². The van der Waals surface area contributed by atoms with Crippen molar-refractivity contribution in [1.82, 2.24) is 9.97 Å². The van der Waals surface area contributed by atoms with Gasteiger partial charge in [0.1, 0.15) is 0 Å². The molecule has 0 amide bonds. The number of fused-ring (bicyclic) bond motifs is 2. The monoisotopic (exact) mass is 196 g/mol. The van der Waals surface area contributed by atoms with Crippen molar-refractivity contribution in [3.8, 4) is 11.4 Å². The van der Waals surface area contributed by atoms with Gasteiger partial charge in [0.2, 0.25) is 0 Å². The predicted octanol–water partition coefficient (Wildman–Crippen LogP) is 2.03. The van der Waals surface area contributed by atoms with Gasteiger partial charge in [-0.15, -0.1) is 0 Å². The summed E-state index contributed by atoms with van der Waals surface area (Å²) in [6.07, 6.45) is 0. The summed E-state index contributed by atoms with van der Waals surface area (Å²) in [5.74, 6) is 0. The summed E-state index contributed by atoms with van der Waals surface area (Å²) in [5, 5.41) is 0.619. The lowest BCUT2D eigenvalue weighted by molar-refractivity contribution is 1.29. The molecule has 3 rings (SSSR count). The van der Waals surface area contributed by atoms with Crippen LogP contribution in [0.5, 0.6) is 0 Å². The Labute approximate surface area is 85.8 Å². The Morgan fingerprint density at radius 2 is 1.87 bits per heavy atom. The maximum atomic E-state index is 11.8. The average Bonchev–Trinajstić information content (AvgIpc) is 2.61. The van der Waals surface area contributed by atoms with Crippen LogP contribution in [0, 0.1) is 0 Å². The summed E-state index contributed by atoms with van der Waals surface area (Å²) in [4.78, 5) is 19.1. The Balaban J connectivity index is 2.59. The van der Waals surface area contributed by atoms with Crippen molar-refractivity contribution in [2.45, 2.75) is 0 Å². The third kappa shape index (κ3) is 1.21. The number of hydrogen-bond acceptors (Lipinski definition) is 2. The number of para-hydroxylation sites is 1. The predicted molar refractivity (Wildman–Crippen MR) is 59.0 cm³/mol. The zero-order valence-electron chi connectivity index (χ0n) is 7.90. The lowest BCUT2D eigenvalue weighted by Gasteiger charge is -1.88. The van der Waals surface area contributed by atoms with E-state index in [4.69, 9.17) is 0 Å². The zero-order valence-corrected chi connectivity index (χ0v) is 7.90. The molecule has 0 fully saturated rings. The Kier molecular flexibility index (Phi) is 1.59. The van der Waals surface area contributed by atoms with Gasteiger partial charge in [0, 0.05) is 0 Å². The molecule has 0 spiro atoms. The second kappa shape index (κ2) is 2.92. The van der Waals surface area contributed by atoms with Crippen molar-refractivity contribution in [3.63, 3.8) is 0 Å². The fraction of sp³-hybridized carbons (Fsp3) is 0. The molecular weight excluding hydrogens is 188 g/mol. The molecule has 3 nitrogen and oxygen atoms in total. The molecule has 1 aliphatic carbocycles. The minimum atomic E-state index is -0.0979. The lowest BCUT2D eigenvalue weighted by Crippen LogP contribution is -2.01. The summed E-state index contributed by atoms with van der Waals surface area (Å²) in [7, 11) is 0. The van der Waals surface area contributed by atoms with Crippen LogP contribution in [0.25, 0.3) is 22.3 Å². The van der Waals surface area contributed by atoms with Gasteiger partial charge in [-0.1, -0.05) is 18.2 Å². The topological polar surface area (TPSA) is 45.8 Å². The number of hydrogen-bond donors (Lipinski definition) is 1. The number of aromatic nitrogens is 2. The summed E-state index contributed by atoms with van der Waals surface area (Å²) < 4.78 is 0. The molecule has 0 unspecified atom stereocenters. The van der Waals surface area contributed by atoms with Crippen molar-refractivity contribution in [1.29, 1.82) is 0 Å². The molecule has 1 N–H and O–H groups in total. The van der Waals surface area contributed by atoms with E-state index in [1.807, 2.05) is 36.4 Å². The molecule has 1 aromatic rings. The highest BCUT2D eigenvalue weighted by Crippen LogP contribution is 2.17. The molecule has 1 aromatic carbocycles. The van der Waals surface area contributed by atoms with Gasteiger partial charge in [-0.05, 0) is 24.3 Å². The third-order valence-corrected chi connectivity index (χ3v) is 2.43. The third-order valence-electron chi connectivity index (χ3n) is 2.43. The van der Waals surface area contributed by atoms with Crippen molar-refractivity contribution < 1.29 is 0 Å². The smallest absolute Gasteiger partial charge is 0.257 e. The van der Waals surface area contributed by atoms with Crippen LogP contribution < -0.4 is 5.56 Å². The van der Waals surface area contributed by atoms with Crippen LogP contribution in [0.15, 0.2) is 47.3 Å². The van der Waals surface area contributed by atoms with Gasteiger partial charge in [0.25, 0.3) is 5.56 Å². The normalized spacial score (nSPS) is 10.9. The number of nitrogens with one attached hydrogen (secondary N) is 1. The molecule has 0 radical (unpaired) electrons. The van der Waals surface area contributed by atoms with Gasteiger partial charge in [-0.2, -0.15) is 0 Å². The van der Waals surface area contributed by atoms with Gasteiger partial charge < -0.3 is 4.98 Å². The molecule has 2 aliphatic rings. The molecule has 15 heavy (non-hydrogen) atoms. The Morgan fingerprint density at radius 1 is 1.00 bits per heavy atom. The van der Waals surface area contributed by atoms with Crippen LogP contribution in [0.2, 0.25) is 0 Å². The number of aromatic amines is 1. The van der Waals surface area contributed by atoms with E-state index in [0.717, 1.165) is 16.9 Å². The second-order valence-electron chi connectivity index (χ2n) is 3.41. The Bertz CT molecular complexity index is 657. The number of benzene rings is 1. The van der Waals surface area contributed by atoms with E-state index >= 15 is 0 Å². The SMILES string of the molecule is O=c1[nH]c2cccc-2nc2ccccc12. The molecule has 0 saturated carbocycles. The van der Waals surface area contributed by atoms with E-state index in [9.17, 15) is 4.79 Å². The molecule has 1 heterocycles. The highest BCUT2D eigenvalue weighted by Gasteiger charge is 2.05. The van der Waals surface area contributed by atoms with Crippen LogP contribution in [0.1, 0.15) is 0 Å². The quantitative estimate of drug-likeness (QED) is 0.598. The number of rotatable bonds is 0. The minimum Gasteiger partial charge on any atom is -0.320 e. The van der Waals surface area contributed by atoms with E-state index in [1.165, 1.54) is 0 Å². The first-order valence-electron chi connectivity index (χ1n) is 4.72. The highest BCUT2D eigenvalue weighted by molar-refractivity contribution is 5.79. The van der Waals surface area contributed by atoms with Crippen LogP contribution in [-0.4, -0.2) is 9.97 Å². The van der Waals surface area contributed by atoms with Gasteiger partial charge >= 0.3 is 0 Å². The Hall–Kier alpha value is -2.16. The van der Waals surface area contributed by atoms with E-state index in [2.05, 4.69) is 9.97 Å². The highest BCUT2D eigenvalue weighted by atomic mass is 16.1. The summed E-state index contributed by atoms with van der Waals surface area (Å²) in [5.41, 5.74) is 2.21. The minimum absolute atomic E-state index is 0.0979. The summed E-state index contributed by atoms with van der Waals surface area (Å²) in [6, 6.07) is 13.0. The van der Waals surface area contributed by atoms with E-state index in [1.54, 1.807) is 6.07 Å². The lowest BCUT2D eigenvalue weighted by atomic mass is 10.2. The summed E-state index contributed by atoms with van der Waals surface area (Å²) in [6.45, 7) is 0. The first-order valence-corrected chi connectivity index (χ1v) is 4.72. The molecule has 72 valence electrons. The standard InChI is InChI=1S/C12H8N2O/c15-12-8-4-1-2-5-9(8)13-10-6-3-7-11(10)14-12/h1-7H,(H,14,15). The molecule has 0 aromatic heterocycles. The van der Waals surface area contributed by atoms with Crippen molar-refractivity contribution >= 4 is 10.9 Å². The van der Waals surface area contributed by atoms with Gasteiger partial charge in [0.15, 0.2) is 0 Å². The van der Waals surface area contributed by atoms with Crippen molar-refractivity contribution in [2.24, 2.45) is 0 Å². The van der Waals surface area contributed by atoms with Crippen molar-refractivity contribution in [2.75, 3.05) is 0 Å². The number of nitrogens with zero attached hydrogens (tertiary/aromatic N) is 1.